The van der Waals surface area contributed by atoms with Crippen LogP contribution >= 0.6 is 0 Å². The molecule has 2 atom stereocenters. The number of quaternary nitrogens is 1. The summed E-state index contributed by atoms with van der Waals surface area (Å²) in [6.45, 7) is 0. The van der Waals surface area contributed by atoms with Gasteiger partial charge in [0, 0.05) is 23.4 Å². The summed E-state index contributed by atoms with van der Waals surface area (Å²) < 4.78 is -0.948. The molecule has 5 heteroatoms. The first kappa shape index (κ1) is 16.2. The Bertz CT molecular complexity index is 929. The van der Waals surface area contributed by atoms with Crippen LogP contribution in [0, 0.1) is 0 Å². The van der Waals surface area contributed by atoms with Gasteiger partial charge in [-0.25, -0.2) is 4.79 Å². The second-order valence-corrected chi connectivity index (χ2v) is 6.08. The van der Waals surface area contributed by atoms with Crippen molar-refractivity contribution in [3.8, 4) is 0 Å². The van der Waals surface area contributed by atoms with Crippen LogP contribution in [0.2, 0.25) is 0 Å². The summed E-state index contributed by atoms with van der Waals surface area (Å²) in [5, 5.41) is 11.6. The number of anilines is 1. The molecule has 128 valence electrons. The normalized spacial score (nSPS) is 22.4. The van der Waals surface area contributed by atoms with E-state index in [0.29, 0.717) is 5.69 Å². The quantitative estimate of drug-likeness (QED) is 0.551. The van der Waals surface area contributed by atoms with Crippen LogP contribution in [0.25, 0.3) is 0 Å². The number of hydrogen-bond acceptors (Lipinski definition) is 3. The highest BCUT2D eigenvalue weighted by Crippen LogP contribution is 2.40. The van der Waals surface area contributed by atoms with E-state index in [1.165, 1.54) is 6.34 Å². The van der Waals surface area contributed by atoms with Crippen molar-refractivity contribution < 1.29 is 10.0 Å². The molecule has 1 aliphatic heterocycles. The first-order valence-corrected chi connectivity index (χ1v) is 8.35. The van der Waals surface area contributed by atoms with Crippen LogP contribution in [0.4, 0.5) is 16.2 Å². The zero-order valence-electron chi connectivity index (χ0n) is 14.0. The number of aliphatic imine (C=N–C) groups is 1. The number of rotatable bonds is 3. The molecule has 1 aliphatic rings. The summed E-state index contributed by atoms with van der Waals surface area (Å²) in [5.41, 5.74) is 2.11. The summed E-state index contributed by atoms with van der Waals surface area (Å²) in [4.78, 5) is 18.6. The van der Waals surface area contributed by atoms with E-state index in [9.17, 15) is 10.0 Å². The Morgan fingerprint density at radius 1 is 0.808 bits per heavy atom. The monoisotopic (exact) mass is 344 g/mol. The van der Waals surface area contributed by atoms with Gasteiger partial charge in [-0.3, -0.25) is 4.90 Å². The van der Waals surface area contributed by atoms with E-state index in [-0.39, 0.29) is 0 Å². The van der Waals surface area contributed by atoms with Crippen molar-refractivity contribution in [3.63, 3.8) is 0 Å². The van der Waals surface area contributed by atoms with E-state index >= 15 is 0 Å². The van der Waals surface area contributed by atoms with E-state index in [4.69, 9.17) is 0 Å². The predicted molar refractivity (Wildman–Crippen MR) is 102 cm³/mol. The molecule has 0 aliphatic carbocycles. The summed E-state index contributed by atoms with van der Waals surface area (Å²) in [5.74, 6) is 0. The van der Waals surface area contributed by atoms with Gasteiger partial charge in [0.25, 0.3) is 0 Å². The van der Waals surface area contributed by atoms with Crippen molar-refractivity contribution >= 4 is 23.7 Å². The molecule has 1 N–H and O–H groups in total. The molecule has 26 heavy (non-hydrogen) atoms. The van der Waals surface area contributed by atoms with Gasteiger partial charge < -0.3 is 0 Å². The largest absolute Gasteiger partial charge is 0.483 e. The van der Waals surface area contributed by atoms with Crippen LogP contribution < -0.4 is 9.55 Å². The Kier molecular flexibility index (Phi) is 4.08. The van der Waals surface area contributed by atoms with Gasteiger partial charge in [-0.1, -0.05) is 66.7 Å². The average molecular weight is 344 g/mol. The lowest BCUT2D eigenvalue weighted by Crippen LogP contribution is -2.61. The first-order valence-electron chi connectivity index (χ1n) is 8.35. The van der Waals surface area contributed by atoms with Crippen LogP contribution in [0.5, 0.6) is 0 Å². The van der Waals surface area contributed by atoms with Crippen molar-refractivity contribution in [2.45, 2.75) is 6.17 Å². The fraction of sp³-hybridized carbons (Fsp3) is 0.0476. The molecule has 0 saturated heterocycles. The number of nitrogens with zero attached hydrogens (tertiary/aromatic N) is 3. The first-order chi connectivity index (χ1) is 12.7. The second-order valence-electron chi connectivity index (χ2n) is 6.08. The van der Waals surface area contributed by atoms with E-state index in [2.05, 4.69) is 4.99 Å². The third-order valence-electron chi connectivity index (χ3n) is 4.50. The molecular weight excluding hydrogens is 326 g/mol. The summed E-state index contributed by atoms with van der Waals surface area (Å²) in [6, 6.07) is 27.4. The molecule has 4 rings (SSSR count). The lowest BCUT2D eigenvalue weighted by Gasteiger charge is -2.41. The summed E-state index contributed by atoms with van der Waals surface area (Å²) >= 11 is 0. The maximum atomic E-state index is 12.8. The molecule has 3 aromatic rings. The van der Waals surface area contributed by atoms with Crippen molar-refractivity contribution in [1.82, 2.24) is 4.65 Å². The Balaban J connectivity index is 1.94. The molecule has 2 amide bonds. The Labute approximate surface area is 151 Å². The highest BCUT2D eigenvalue weighted by atomic mass is 16.6. The number of hydrogen-bond donors (Lipinski definition) is 1. The molecule has 0 fully saturated rings. The second kappa shape index (κ2) is 6.55. The maximum Gasteiger partial charge on any atom is 0.483 e. The molecule has 1 heterocycles. The van der Waals surface area contributed by atoms with Crippen LogP contribution in [0.3, 0.4) is 0 Å². The fourth-order valence-corrected chi connectivity index (χ4v) is 3.26. The fourth-order valence-electron chi connectivity index (χ4n) is 3.26. The minimum Gasteiger partial charge on any atom is -0.274 e. The van der Waals surface area contributed by atoms with Gasteiger partial charge in [0.05, 0.1) is 0 Å². The Morgan fingerprint density at radius 2 is 1.35 bits per heavy atom. The number of hydroxylamine groups is 2. The molecule has 2 unspecified atom stereocenters. The van der Waals surface area contributed by atoms with Crippen molar-refractivity contribution in [1.29, 1.82) is 0 Å². The van der Waals surface area contributed by atoms with Crippen molar-refractivity contribution in [2.75, 3.05) is 4.90 Å². The van der Waals surface area contributed by atoms with Crippen molar-refractivity contribution in [3.05, 3.63) is 96.6 Å². The topological polar surface area (TPSA) is 52.9 Å². The standard InChI is InChI=1S/C21H18N3O2/c25-21-22-16-23(18-12-6-2-7-13-18)20(17-10-4-1-5-11-17)24(21,26)19-14-8-3-9-15-19/h1-16,20,26H/q+1. The molecule has 0 aromatic heterocycles. The average Bonchev–Trinajstić information content (AvgIpc) is 2.72. The number of para-hydroxylation sites is 2. The molecule has 5 nitrogen and oxygen atoms in total. The molecule has 0 saturated carbocycles. The van der Waals surface area contributed by atoms with E-state index < -0.39 is 16.8 Å². The van der Waals surface area contributed by atoms with Crippen LogP contribution in [-0.4, -0.2) is 17.6 Å². The number of urea groups is 1. The van der Waals surface area contributed by atoms with E-state index in [1.807, 2.05) is 71.6 Å². The predicted octanol–water partition coefficient (Wildman–Crippen LogP) is 4.75. The molecule has 0 radical (unpaired) electrons. The summed E-state index contributed by atoms with van der Waals surface area (Å²) in [7, 11) is 0. The summed E-state index contributed by atoms with van der Waals surface area (Å²) in [6.07, 6.45) is 0.802. The third-order valence-corrected chi connectivity index (χ3v) is 4.50. The minimum atomic E-state index is -0.948. The van der Waals surface area contributed by atoms with Gasteiger partial charge in [-0.2, -0.15) is 5.21 Å². The highest BCUT2D eigenvalue weighted by molar-refractivity contribution is 5.99. The minimum absolute atomic E-state index is 0.462. The smallest absolute Gasteiger partial charge is 0.274 e. The SMILES string of the molecule is O=C1N=CN(c2ccccc2)C(c2ccccc2)[N+]1(O)c1ccccc1. The zero-order valence-corrected chi connectivity index (χ0v) is 14.0. The van der Waals surface area contributed by atoms with Gasteiger partial charge in [0.2, 0.25) is 6.17 Å². The van der Waals surface area contributed by atoms with Gasteiger partial charge in [0.15, 0.2) is 5.69 Å². The highest BCUT2D eigenvalue weighted by Gasteiger charge is 2.53. The number of carbonyl (C=O) groups is 1. The Hall–Kier alpha value is -3.28. The molecule has 3 aromatic carbocycles. The van der Waals surface area contributed by atoms with Crippen LogP contribution in [0.15, 0.2) is 96.0 Å². The van der Waals surface area contributed by atoms with E-state index in [1.54, 1.807) is 24.3 Å². The van der Waals surface area contributed by atoms with Gasteiger partial charge in [-0.05, 0) is 16.8 Å². The molecule has 0 bridgehead atoms. The number of carbonyl (C=O) groups excluding carboxylic acids is 1. The van der Waals surface area contributed by atoms with Gasteiger partial charge in [0.1, 0.15) is 6.34 Å². The molecular formula is C21H18N3O2+. The van der Waals surface area contributed by atoms with Crippen molar-refractivity contribution in [2.24, 2.45) is 4.99 Å². The maximum absolute atomic E-state index is 12.8. The number of benzene rings is 3. The van der Waals surface area contributed by atoms with Crippen LogP contribution in [-0.2, 0) is 0 Å². The molecule has 0 spiro atoms. The lowest BCUT2D eigenvalue weighted by molar-refractivity contribution is -0.0663. The zero-order chi connectivity index (χ0) is 18.0. The third kappa shape index (κ3) is 2.60. The van der Waals surface area contributed by atoms with Gasteiger partial charge >= 0.3 is 6.03 Å². The van der Waals surface area contributed by atoms with Crippen LogP contribution in [0.1, 0.15) is 11.7 Å². The van der Waals surface area contributed by atoms with E-state index in [0.717, 1.165) is 11.3 Å². The van der Waals surface area contributed by atoms with Gasteiger partial charge in [-0.15, -0.1) is 4.99 Å². The number of amides is 2. The lowest BCUT2D eigenvalue weighted by atomic mass is 10.1. The Morgan fingerprint density at radius 3 is 1.96 bits per heavy atom.